The molecule has 0 radical (unpaired) electrons. The molecule has 1 aliphatic heterocycles. The number of likely N-dealkylation sites (N-methyl/N-ethyl adjacent to an activating group) is 1. The van der Waals surface area contributed by atoms with E-state index in [4.69, 9.17) is 18.0 Å². The monoisotopic (exact) mass is 277 g/mol. The summed E-state index contributed by atoms with van der Waals surface area (Å²) in [7, 11) is 1.92. The Kier molecular flexibility index (Phi) is 4.37. The van der Waals surface area contributed by atoms with Gasteiger partial charge in [-0.3, -0.25) is 4.79 Å². The minimum Gasteiger partial charge on any atom is -0.389 e. The third-order valence-corrected chi connectivity index (χ3v) is 3.74. The molecule has 4 nitrogen and oxygen atoms in total. The number of para-hydroxylation sites is 1. The molecule has 0 spiro atoms. The van der Waals surface area contributed by atoms with Gasteiger partial charge in [-0.05, 0) is 31.4 Å². The Morgan fingerprint density at radius 1 is 1.42 bits per heavy atom. The van der Waals surface area contributed by atoms with Crippen molar-refractivity contribution in [3.8, 4) is 0 Å². The summed E-state index contributed by atoms with van der Waals surface area (Å²) in [6.07, 6.45) is 2.93. The number of nitrogens with two attached hydrogens (primary N) is 1. The lowest BCUT2D eigenvalue weighted by Crippen LogP contribution is -2.44. The molecule has 0 bridgehead atoms. The maximum atomic E-state index is 12.1. The fraction of sp³-hybridized carbons (Fsp3) is 0.429. The molecule has 0 aromatic heterocycles. The third kappa shape index (κ3) is 3.04. The van der Waals surface area contributed by atoms with E-state index >= 15 is 0 Å². The molecule has 102 valence electrons. The first-order valence-electron chi connectivity index (χ1n) is 6.50. The number of anilines is 1. The van der Waals surface area contributed by atoms with Gasteiger partial charge in [0.15, 0.2) is 0 Å². The molecule has 1 unspecified atom stereocenters. The van der Waals surface area contributed by atoms with Crippen LogP contribution in [0.15, 0.2) is 24.3 Å². The average Bonchev–Trinajstić information content (AvgIpc) is 2.62. The van der Waals surface area contributed by atoms with Gasteiger partial charge < -0.3 is 16.0 Å². The van der Waals surface area contributed by atoms with Gasteiger partial charge in [0.1, 0.15) is 11.0 Å². The van der Waals surface area contributed by atoms with E-state index in [1.165, 1.54) is 0 Å². The Morgan fingerprint density at radius 2 is 2.16 bits per heavy atom. The zero-order valence-electron chi connectivity index (χ0n) is 11.1. The van der Waals surface area contributed by atoms with Crippen molar-refractivity contribution in [2.75, 3.05) is 18.5 Å². The summed E-state index contributed by atoms with van der Waals surface area (Å²) in [6, 6.07) is 7.52. The van der Waals surface area contributed by atoms with Gasteiger partial charge in [0, 0.05) is 24.8 Å². The van der Waals surface area contributed by atoms with E-state index in [1.807, 2.05) is 36.2 Å². The molecule has 1 aromatic rings. The van der Waals surface area contributed by atoms with Crippen molar-refractivity contribution < 1.29 is 4.79 Å². The van der Waals surface area contributed by atoms with Crippen LogP contribution in [0.5, 0.6) is 0 Å². The molecule has 19 heavy (non-hydrogen) atoms. The van der Waals surface area contributed by atoms with Crippen LogP contribution in [0.1, 0.15) is 24.8 Å². The number of thiocarbonyl (C=S) groups is 1. The zero-order valence-corrected chi connectivity index (χ0v) is 11.9. The summed E-state index contributed by atoms with van der Waals surface area (Å²) in [5.41, 5.74) is 7.48. The van der Waals surface area contributed by atoms with Gasteiger partial charge in [0.05, 0.1) is 0 Å². The summed E-state index contributed by atoms with van der Waals surface area (Å²) in [4.78, 5) is 14.4. The molecule has 1 aromatic carbocycles. The number of hydrogen-bond acceptors (Lipinski definition) is 3. The number of nitrogens with zero attached hydrogens (tertiary/aromatic N) is 1. The number of nitrogens with one attached hydrogen (secondary N) is 1. The third-order valence-electron chi connectivity index (χ3n) is 3.52. The van der Waals surface area contributed by atoms with Crippen molar-refractivity contribution in [1.29, 1.82) is 0 Å². The Labute approximate surface area is 119 Å². The zero-order chi connectivity index (χ0) is 13.8. The molecule has 0 saturated carbocycles. The minimum atomic E-state index is -0.155. The van der Waals surface area contributed by atoms with Gasteiger partial charge in [-0.1, -0.05) is 24.4 Å². The van der Waals surface area contributed by atoms with E-state index in [2.05, 4.69) is 5.32 Å². The molecule has 0 aliphatic carbocycles. The predicted molar refractivity (Wildman–Crippen MR) is 81.4 cm³/mol. The molecule has 1 amide bonds. The lowest BCUT2D eigenvalue weighted by Gasteiger charge is -2.29. The molecule has 1 saturated heterocycles. The van der Waals surface area contributed by atoms with Crippen LogP contribution in [0.4, 0.5) is 5.69 Å². The lowest BCUT2D eigenvalue weighted by atomic mass is 10.1. The van der Waals surface area contributed by atoms with Gasteiger partial charge >= 0.3 is 0 Å². The van der Waals surface area contributed by atoms with Crippen molar-refractivity contribution in [3.05, 3.63) is 29.8 Å². The Hall–Kier alpha value is -1.62. The molecule has 5 heteroatoms. The van der Waals surface area contributed by atoms with Crippen LogP contribution < -0.4 is 16.0 Å². The number of benzene rings is 1. The quantitative estimate of drug-likeness (QED) is 0.821. The van der Waals surface area contributed by atoms with Crippen LogP contribution in [-0.4, -0.2) is 30.5 Å². The molecule has 1 heterocycles. The first-order chi connectivity index (χ1) is 9.11. The van der Waals surface area contributed by atoms with Crippen LogP contribution in [-0.2, 0) is 4.79 Å². The smallest absolute Gasteiger partial charge is 0.242 e. The van der Waals surface area contributed by atoms with E-state index in [0.29, 0.717) is 4.99 Å². The predicted octanol–water partition coefficient (Wildman–Crippen LogP) is 1.43. The van der Waals surface area contributed by atoms with E-state index in [1.54, 1.807) is 0 Å². The SMILES string of the molecule is CN(c1ccccc1C(N)=S)C1CCCCNC1=O. The normalized spacial score (nSPS) is 19.4. The minimum absolute atomic E-state index is 0.0812. The Balaban J connectivity index is 2.30. The Morgan fingerprint density at radius 3 is 2.89 bits per heavy atom. The van der Waals surface area contributed by atoms with Crippen molar-refractivity contribution in [3.63, 3.8) is 0 Å². The molecule has 1 aliphatic rings. The summed E-state index contributed by atoms with van der Waals surface area (Å²) in [5.74, 6) is 0.0812. The second-order valence-corrected chi connectivity index (χ2v) is 5.23. The van der Waals surface area contributed by atoms with Gasteiger partial charge in [-0.25, -0.2) is 0 Å². The maximum Gasteiger partial charge on any atom is 0.242 e. The van der Waals surface area contributed by atoms with E-state index in [-0.39, 0.29) is 11.9 Å². The van der Waals surface area contributed by atoms with Crippen molar-refractivity contribution in [2.45, 2.75) is 25.3 Å². The van der Waals surface area contributed by atoms with Crippen molar-refractivity contribution >= 4 is 28.8 Å². The first kappa shape index (κ1) is 13.8. The highest BCUT2D eigenvalue weighted by atomic mass is 32.1. The Bertz CT molecular complexity index is 489. The molecule has 2 rings (SSSR count). The lowest BCUT2D eigenvalue weighted by molar-refractivity contribution is -0.122. The summed E-state index contributed by atoms with van der Waals surface area (Å²) in [5, 5.41) is 2.95. The molecular formula is C14H19N3OS. The average molecular weight is 277 g/mol. The van der Waals surface area contributed by atoms with Crippen LogP contribution in [0.2, 0.25) is 0 Å². The molecular weight excluding hydrogens is 258 g/mol. The second-order valence-electron chi connectivity index (χ2n) is 4.79. The van der Waals surface area contributed by atoms with Crippen LogP contribution in [0, 0.1) is 0 Å². The van der Waals surface area contributed by atoms with Gasteiger partial charge in [-0.2, -0.15) is 0 Å². The number of amides is 1. The van der Waals surface area contributed by atoms with Gasteiger partial charge in [0.25, 0.3) is 0 Å². The number of rotatable bonds is 3. The fourth-order valence-electron chi connectivity index (χ4n) is 2.45. The van der Waals surface area contributed by atoms with Gasteiger partial charge in [-0.15, -0.1) is 0 Å². The number of carbonyl (C=O) groups is 1. The summed E-state index contributed by atoms with van der Waals surface area (Å²) >= 11 is 5.08. The van der Waals surface area contributed by atoms with Crippen LogP contribution in [0.25, 0.3) is 0 Å². The van der Waals surface area contributed by atoms with E-state index in [9.17, 15) is 4.79 Å². The van der Waals surface area contributed by atoms with Crippen molar-refractivity contribution in [2.24, 2.45) is 5.73 Å². The maximum absolute atomic E-state index is 12.1. The molecule has 3 N–H and O–H groups in total. The highest BCUT2D eigenvalue weighted by Gasteiger charge is 2.26. The highest BCUT2D eigenvalue weighted by molar-refractivity contribution is 7.80. The number of hydrogen-bond donors (Lipinski definition) is 2. The largest absolute Gasteiger partial charge is 0.389 e. The van der Waals surface area contributed by atoms with Gasteiger partial charge in [0.2, 0.25) is 5.91 Å². The van der Waals surface area contributed by atoms with E-state index in [0.717, 1.165) is 37.1 Å². The second kappa shape index (κ2) is 6.02. The van der Waals surface area contributed by atoms with Crippen LogP contribution >= 0.6 is 12.2 Å². The fourth-order valence-corrected chi connectivity index (χ4v) is 2.62. The molecule has 1 atom stereocenters. The van der Waals surface area contributed by atoms with Crippen LogP contribution in [0.3, 0.4) is 0 Å². The standard InChI is InChI=1S/C14H19N3OS/c1-17(12-8-4-5-9-16-14(12)18)11-7-3-2-6-10(11)13(15)19/h2-3,6-7,12H,4-5,8-9H2,1H3,(H2,15,19)(H,16,18). The summed E-state index contributed by atoms with van der Waals surface area (Å²) in [6.45, 7) is 0.764. The topological polar surface area (TPSA) is 58.4 Å². The molecule has 1 fully saturated rings. The highest BCUT2D eigenvalue weighted by Crippen LogP contribution is 2.23. The number of carbonyl (C=O) groups excluding carboxylic acids is 1. The summed E-state index contributed by atoms with van der Waals surface area (Å²) < 4.78 is 0. The first-order valence-corrected chi connectivity index (χ1v) is 6.91. The van der Waals surface area contributed by atoms with Crippen molar-refractivity contribution in [1.82, 2.24) is 5.32 Å². The van der Waals surface area contributed by atoms with E-state index < -0.39 is 0 Å².